The first kappa shape index (κ1) is 8.44. The molecule has 0 saturated carbocycles. The lowest BCUT2D eigenvalue weighted by Gasteiger charge is -1.95. The molecular weight excluding hydrogens is 110 g/mol. The fraction of sp³-hybridized carbons (Fsp3) is 0.500. The Morgan fingerprint density at radius 3 is 2.78 bits per heavy atom. The van der Waals surface area contributed by atoms with Crippen molar-refractivity contribution in [3.05, 3.63) is 24.3 Å². The molecule has 0 aliphatic carbocycles. The predicted octanol–water partition coefficient (Wildman–Crippen LogP) is 1.86. The molecular formula is C8H15N. The lowest BCUT2D eigenvalue weighted by Crippen LogP contribution is -1.97. The number of allylic oxidation sites excluding steroid dienone is 3. The van der Waals surface area contributed by atoms with Gasteiger partial charge < -0.3 is 5.73 Å². The summed E-state index contributed by atoms with van der Waals surface area (Å²) in [7, 11) is 0. The van der Waals surface area contributed by atoms with Crippen LogP contribution in [0.15, 0.2) is 24.3 Å². The highest BCUT2D eigenvalue weighted by Crippen LogP contribution is 2.01. The molecule has 0 bridgehead atoms. The minimum Gasteiger partial charge on any atom is -0.330 e. The first-order chi connectivity index (χ1) is 4.31. The second kappa shape index (κ2) is 5.57. The standard InChI is InChI=1S/C8H15N/c1-3-5-8(2)6-4-7-9/h3,5H,1,4,6-7,9H2,2H3/b8-5+. The van der Waals surface area contributed by atoms with Gasteiger partial charge in [0.15, 0.2) is 0 Å². The molecule has 0 aromatic heterocycles. The van der Waals surface area contributed by atoms with Gasteiger partial charge in [0.05, 0.1) is 0 Å². The van der Waals surface area contributed by atoms with Gasteiger partial charge in [0.25, 0.3) is 0 Å². The van der Waals surface area contributed by atoms with Crippen LogP contribution in [0.2, 0.25) is 0 Å². The Bertz CT molecular complexity index is 103. The van der Waals surface area contributed by atoms with Gasteiger partial charge in [0, 0.05) is 0 Å². The Kier molecular flexibility index (Phi) is 5.23. The van der Waals surface area contributed by atoms with E-state index in [4.69, 9.17) is 5.73 Å². The van der Waals surface area contributed by atoms with E-state index in [2.05, 4.69) is 13.5 Å². The summed E-state index contributed by atoms with van der Waals surface area (Å²) in [6, 6.07) is 0. The molecule has 0 heterocycles. The SMILES string of the molecule is C=C/C=C(\C)CCCN. The second-order valence-electron chi connectivity index (χ2n) is 2.14. The molecule has 0 rings (SSSR count). The van der Waals surface area contributed by atoms with Crippen molar-refractivity contribution >= 4 is 0 Å². The molecule has 0 atom stereocenters. The zero-order valence-electron chi connectivity index (χ0n) is 6.06. The van der Waals surface area contributed by atoms with E-state index in [0.717, 1.165) is 19.4 Å². The summed E-state index contributed by atoms with van der Waals surface area (Å²) in [6.07, 6.45) is 6.01. The molecule has 9 heavy (non-hydrogen) atoms. The largest absolute Gasteiger partial charge is 0.330 e. The van der Waals surface area contributed by atoms with Crippen LogP contribution in [0.1, 0.15) is 19.8 Å². The first-order valence-electron chi connectivity index (χ1n) is 3.29. The monoisotopic (exact) mass is 125 g/mol. The average molecular weight is 125 g/mol. The van der Waals surface area contributed by atoms with Crippen molar-refractivity contribution < 1.29 is 0 Å². The summed E-state index contributed by atoms with van der Waals surface area (Å²) < 4.78 is 0. The number of nitrogens with two attached hydrogens (primary N) is 1. The van der Waals surface area contributed by atoms with Crippen molar-refractivity contribution in [3.63, 3.8) is 0 Å². The minimum absolute atomic E-state index is 0.780. The lowest BCUT2D eigenvalue weighted by molar-refractivity contribution is 0.823. The molecule has 0 fully saturated rings. The maximum atomic E-state index is 5.32. The Balaban J connectivity index is 3.36. The summed E-state index contributed by atoms with van der Waals surface area (Å²) in [4.78, 5) is 0. The van der Waals surface area contributed by atoms with Crippen LogP contribution in [-0.4, -0.2) is 6.54 Å². The van der Waals surface area contributed by atoms with E-state index < -0.39 is 0 Å². The van der Waals surface area contributed by atoms with E-state index in [-0.39, 0.29) is 0 Å². The van der Waals surface area contributed by atoms with Crippen LogP contribution in [-0.2, 0) is 0 Å². The van der Waals surface area contributed by atoms with Crippen LogP contribution in [0.5, 0.6) is 0 Å². The highest BCUT2D eigenvalue weighted by Gasteiger charge is 1.84. The summed E-state index contributed by atoms with van der Waals surface area (Å²) in [5.41, 5.74) is 6.68. The van der Waals surface area contributed by atoms with Crippen LogP contribution in [0, 0.1) is 0 Å². The quantitative estimate of drug-likeness (QED) is 0.570. The maximum absolute atomic E-state index is 5.32. The molecule has 0 aliphatic heterocycles. The molecule has 52 valence electrons. The zero-order valence-corrected chi connectivity index (χ0v) is 6.06. The molecule has 0 aromatic carbocycles. The van der Waals surface area contributed by atoms with Crippen molar-refractivity contribution in [3.8, 4) is 0 Å². The Labute approximate surface area is 57.3 Å². The van der Waals surface area contributed by atoms with Gasteiger partial charge in [-0.15, -0.1) is 0 Å². The molecule has 0 amide bonds. The van der Waals surface area contributed by atoms with Crippen LogP contribution in [0.3, 0.4) is 0 Å². The third-order valence-corrected chi connectivity index (χ3v) is 1.18. The second-order valence-corrected chi connectivity index (χ2v) is 2.14. The van der Waals surface area contributed by atoms with Crippen LogP contribution in [0.4, 0.5) is 0 Å². The molecule has 0 radical (unpaired) electrons. The Hall–Kier alpha value is -0.560. The summed E-state index contributed by atoms with van der Waals surface area (Å²) in [5, 5.41) is 0. The number of hydrogen-bond acceptors (Lipinski definition) is 1. The fourth-order valence-electron chi connectivity index (χ4n) is 0.665. The molecule has 0 aromatic rings. The van der Waals surface area contributed by atoms with Crippen molar-refractivity contribution in [1.29, 1.82) is 0 Å². The third-order valence-electron chi connectivity index (χ3n) is 1.18. The van der Waals surface area contributed by atoms with Gasteiger partial charge in [-0.1, -0.05) is 24.3 Å². The normalized spacial score (nSPS) is 11.6. The first-order valence-corrected chi connectivity index (χ1v) is 3.29. The van der Waals surface area contributed by atoms with Crippen molar-refractivity contribution in [2.24, 2.45) is 5.73 Å². The van der Waals surface area contributed by atoms with Gasteiger partial charge in [-0.2, -0.15) is 0 Å². The highest BCUT2D eigenvalue weighted by atomic mass is 14.5. The van der Waals surface area contributed by atoms with Crippen LogP contribution < -0.4 is 5.73 Å². The Morgan fingerprint density at radius 1 is 1.67 bits per heavy atom. The predicted molar refractivity (Wildman–Crippen MR) is 42.2 cm³/mol. The van der Waals surface area contributed by atoms with Crippen molar-refractivity contribution in [1.82, 2.24) is 0 Å². The molecule has 0 saturated heterocycles. The Morgan fingerprint density at radius 2 is 2.33 bits per heavy atom. The van der Waals surface area contributed by atoms with Crippen molar-refractivity contribution in [2.75, 3.05) is 6.54 Å². The van der Waals surface area contributed by atoms with Gasteiger partial charge >= 0.3 is 0 Å². The van der Waals surface area contributed by atoms with Gasteiger partial charge in [-0.3, -0.25) is 0 Å². The van der Waals surface area contributed by atoms with E-state index >= 15 is 0 Å². The lowest BCUT2D eigenvalue weighted by atomic mass is 10.1. The molecule has 1 nitrogen and oxygen atoms in total. The van der Waals surface area contributed by atoms with E-state index in [1.54, 1.807) is 0 Å². The molecule has 2 N–H and O–H groups in total. The molecule has 0 spiro atoms. The van der Waals surface area contributed by atoms with E-state index in [1.807, 2.05) is 12.2 Å². The smallest absolute Gasteiger partial charge is 0.00742 e. The summed E-state index contributed by atoms with van der Waals surface area (Å²) in [5.74, 6) is 0. The van der Waals surface area contributed by atoms with Gasteiger partial charge in [0.2, 0.25) is 0 Å². The zero-order chi connectivity index (χ0) is 7.11. The maximum Gasteiger partial charge on any atom is -0.00742 e. The highest BCUT2D eigenvalue weighted by molar-refractivity contribution is 5.07. The van der Waals surface area contributed by atoms with E-state index in [0.29, 0.717) is 0 Å². The third kappa shape index (κ3) is 5.31. The summed E-state index contributed by atoms with van der Waals surface area (Å²) in [6.45, 7) is 6.48. The van der Waals surface area contributed by atoms with Gasteiger partial charge in [-0.25, -0.2) is 0 Å². The average Bonchev–Trinajstić information content (AvgIpc) is 1.85. The van der Waals surface area contributed by atoms with Crippen molar-refractivity contribution in [2.45, 2.75) is 19.8 Å². The van der Waals surface area contributed by atoms with Crippen LogP contribution >= 0.6 is 0 Å². The molecule has 0 unspecified atom stereocenters. The molecule has 1 heteroatoms. The number of rotatable bonds is 4. The van der Waals surface area contributed by atoms with Gasteiger partial charge in [-0.05, 0) is 26.3 Å². The number of hydrogen-bond donors (Lipinski definition) is 1. The fourth-order valence-corrected chi connectivity index (χ4v) is 0.665. The summed E-state index contributed by atoms with van der Waals surface area (Å²) >= 11 is 0. The topological polar surface area (TPSA) is 26.0 Å². The molecule has 0 aliphatic rings. The van der Waals surface area contributed by atoms with E-state index in [9.17, 15) is 0 Å². The van der Waals surface area contributed by atoms with Gasteiger partial charge in [0.1, 0.15) is 0 Å². The van der Waals surface area contributed by atoms with E-state index in [1.165, 1.54) is 5.57 Å². The van der Waals surface area contributed by atoms with Crippen LogP contribution in [0.25, 0.3) is 0 Å². The minimum atomic E-state index is 0.780.